The topological polar surface area (TPSA) is 32.5 Å². The fraction of sp³-hybridized carbons (Fsp3) is 0.444. The maximum atomic E-state index is 10.3. The van der Waals surface area contributed by atoms with Gasteiger partial charge in [0.25, 0.3) is 0 Å². The van der Waals surface area contributed by atoms with Crippen molar-refractivity contribution in [2.24, 2.45) is 0 Å². The van der Waals surface area contributed by atoms with Crippen LogP contribution in [0.15, 0.2) is 54.3 Å². The van der Waals surface area contributed by atoms with Crippen LogP contribution in [0.25, 0.3) is 10.8 Å². The second-order valence-electron chi connectivity index (χ2n) is 9.45. The summed E-state index contributed by atoms with van der Waals surface area (Å²) in [6, 6.07) is 11.1. The van der Waals surface area contributed by atoms with Crippen molar-refractivity contribution in [2.75, 3.05) is 20.3 Å². The highest BCUT2D eigenvalue weighted by Crippen LogP contribution is 2.45. The van der Waals surface area contributed by atoms with Gasteiger partial charge in [0.1, 0.15) is 0 Å². The van der Waals surface area contributed by atoms with Crippen molar-refractivity contribution in [3.8, 4) is 0 Å². The summed E-state index contributed by atoms with van der Waals surface area (Å²) >= 11 is 0. The monoisotopic (exact) mass is 406 g/mol. The van der Waals surface area contributed by atoms with E-state index in [0.717, 1.165) is 5.57 Å². The summed E-state index contributed by atoms with van der Waals surface area (Å²) in [6.07, 6.45) is 8.44. The van der Waals surface area contributed by atoms with E-state index in [2.05, 4.69) is 88.0 Å². The van der Waals surface area contributed by atoms with Gasteiger partial charge in [0.2, 0.25) is 0 Å². The standard InChI is InChI=1S/C27H36NO2/c1-8-14-28-17-20-16-24(26(3,4)5)22-11-9-10-12-23(22)25(20)19(2)27(28,6)21(18-29)13-15-30-7/h8-14,16-17,19,29H,15,18H2,1-7H3/q+1/b14-8-,21-13+. The minimum absolute atomic E-state index is 0.000561. The molecule has 0 bridgehead atoms. The largest absolute Gasteiger partial charge is 0.392 e. The smallest absolute Gasteiger partial charge is 0.195 e. The summed E-state index contributed by atoms with van der Waals surface area (Å²) in [4.78, 5) is 0. The molecule has 3 nitrogen and oxygen atoms in total. The van der Waals surface area contributed by atoms with Crippen LogP contribution in [-0.4, -0.2) is 41.8 Å². The van der Waals surface area contributed by atoms with E-state index in [9.17, 15) is 5.11 Å². The highest BCUT2D eigenvalue weighted by Gasteiger charge is 2.49. The van der Waals surface area contributed by atoms with E-state index in [1.807, 2.05) is 13.0 Å². The van der Waals surface area contributed by atoms with Gasteiger partial charge in [-0.25, -0.2) is 0 Å². The molecule has 0 radical (unpaired) electrons. The number of methoxy groups -OCH3 is 1. The molecule has 0 saturated heterocycles. The van der Waals surface area contributed by atoms with Crippen molar-refractivity contribution in [2.45, 2.75) is 58.4 Å². The summed E-state index contributed by atoms with van der Waals surface area (Å²) in [6.45, 7) is 13.9. The Morgan fingerprint density at radius 1 is 1.23 bits per heavy atom. The van der Waals surface area contributed by atoms with Crippen LogP contribution in [0.5, 0.6) is 0 Å². The molecule has 2 aromatic rings. The van der Waals surface area contributed by atoms with Crippen LogP contribution in [0.2, 0.25) is 0 Å². The Balaban J connectivity index is 2.39. The van der Waals surface area contributed by atoms with Gasteiger partial charge in [0.05, 0.1) is 19.1 Å². The third-order valence-electron chi connectivity index (χ3n) is 6.64. The van der Waals surface area contributed by atoms with Crippen molar-refractivity contribution < 1.29 is 14.4 Å². The molecule has 0 saturated carbocycles. The first kappa shape index (κ1) is 22.5. The van der Waals surface area contributed by atoms with Gasteiger partial charge >= 0.3 is 0 Å². The molecular formula is C27H36NO2+. The van der Waals surface area contributed by atoms with Crippen molar-refractivity contribution in [3.63, 3.8) is 0 Å². The number of ether oxygens (including phenoxy) is 1. The van der Waals surface area contributed by atoms with Crippen LogP contribution in [0, 0.1) is 0 Å². The number of aliphatic hydroxyl groups is 1. The van der Waals surface area contributed by atoms with Gasteiger partial charge in [-0.05, 0) is 46.4 Å². The summed E-state index contributed by atoms with van der Waals surface area (Å²) in [5, 5.41) is 12.9. The lowest BCUT2D eigenvalue weighted by atomic mass is 9.70. The summed E-state index contributed by atoms with van der Waals surface area (Å²) in [5.41, 5.74) is 4.59. The predicted molar refractivity (Wildman–Crippen MR) is 127 cm³/mol. The fourth-order valence-electron chi connectivity index (χ4n) is 4.84. The Morgan fingerprint density at radius 3 is 2.47 bits per heavy atom. The third-order valence-corrected chi connectivity index (χ3v) is 6.64. The van der Waals surface area contributed by atoms with Gasteiger partial charge in [0.15, 0.2) is 18.0 Å². The van der Waals surface area contributed by atoms with Crippen molar-refractivity contribution in [3.05, 3.63) is 70.9 Å². The molecule has 1 aliphatic rings. The molecule has 1 heterocycles. The molecule has 3 heteroatoms. The van der Waals surface area contributed by atoms with E-state index < -0.39 is 5.54 Å². The fourth-order valence-corrected chi connectivity index (χ4v) is 4.84. The van der Waals surface area contributed by atoms with E-state index in [-0.39, 0.29) is 17.9 Å². The van der Waals surface area contributed by atoms with Crippen LogP contribution in [0.4, 0.5) is 0 Å². The maximum Gasteiger partial charge on any atom is 0.195 e. The average Bonchev–Trinajstić information content (AvgIpc) is 2.71. The molecule has 0 aromatic heterocycles. The highest BCUT2D eigenvalue weighted by atomic mass is 16.5. The van der Waals surface area contributed by atoms with Crippen molar-refractivity contribution in [1.82, 2.24) is 0 Å². The van der Waals surface area contributed by atoms with Crippen molar-refractivity contribution >= 4 is 17.0 Å². The Labute approximate surface area is 181 Å². The Kier molecular flexibility index (Phi) is 6.35. The van der Waals surface area contributed by atoms with Crippen LogP contribution >= 0.6 is 0 Å². The lowest BCUT2D eigenvalue weighted by Gasteiger charge is -2.38. The molecule has 0 aliphatic carbocycles. The highest BCUT2D eigenvalue weighted by molar-refractivity contribution is 5.97. The van der Waals surface area contributed by atoms with Crippen LogP contribution < -0.4 is 0 Å². The molecule has 3 rings (SSSR count). The van der Waals surface area contributed by atoms with Gasteiger partial charge in [-0.2, -0.15) is 4.58 Å². The van der Waals surface area contributed by atoms with E-state index in [0.29, 0.717) is 6.61 Å². The lowest BCUT2D eigenvalue weighted by molar-refractivity contribution is -0.535. The third kappa shape index (κ3) is 3.66. The Bertz CT molecular complexity index is 1020. The SMILES string of the molecule is C/C=C\[N+]1=Cc2cc(C(C)(C)C)c3ccccc3c2C(C)C1(C)/C(=C/COC)CO. The molecular weight excluding hydrogens is 370 g/mol. The molecule has 0 fully saturated rings. The van der Waals surface area contributed by atoms with E-state index in [1.165, 1.54) is 27.5 Å². The number of hydrogen-bond donors (Lipinski definition) is 1. The van der Waals surface area contributed by atoms with Crippen LogP contribution in [0.1, 0.15) is 64.2 Å². The number of hydrogen-bond acceptors (Lipinski definition) is 2. The molecule has 160 valence electrons. The zero-order valence-electron chi connectivity index (χ0n) is 19.5. The second-order valence-corrected chi connectivity index (χ2v) is 9.45. The molecule has 1 aliphatic heterocycles. The van der Waals surface area contributed by atoms with Crippen molar-refractivity contribution in [1.29, 1.82) is 0 Å². The molecule has 2 unspecified atom stereocenters. The summed E-state index contributed by atoms with van der Waals surface area (Å²) in [5.74, 6) is 0.169. The zero-order valence-corrected chi connectivity index (χ0v) is 19.5. The van der Waals surface area contributed by atoms with E-state index >= 15 is 0 Å². The number of benzene rings is 2. The zero-order chi connectivity index (χ0) is 22.1. The molecule has 30 heavy (non-hydrogen) atoms. The Hall–Kier alpha value is -2.23. The average molecular weight is 407 g/mol. The van der Waals surface area contributed by atoms with Gasteiger partial charge in [0, 0.05) is 25.2 Å². The first-order valence-electron chi connectivity index (χ1n) is 10.8. The maximum absolute atomic E-state index is 10.3. The number of allylic oxidation sites excluding steroid dienone is 1. The normalized spacial score (nSPS) is 22.5. The number of rotatable bonds is 5. The quantitative estimate of drug-likeness (QED) is 0.522. The predicted octanol–water partition coefficient (Wildman–Crippen LogP) is 5.54. The molecule has 0 spiro atoms. The molecule has 1 N–H and O–H groups in total. The number of aliphatic hydroxyl groups excluding tert-OH is 1. The lowest BCUT2D eigenvalue weighted by Crippen LogP contribution is -2.48. The number of nitrogens with zero attached hydrogens (tertiary/aromatic N) is 1. The first-order valence-corrected chi connectivity index (χ1v) is 10.8. The second kappa shape index (κ2) is 8.49. The van der Waals surface area contributed by atoms with Crippen LogP contribution in [-0.2, 0) is 10.2 Å². The summed E-state index contributed by atoms with van der Waals surface area (Å²) < 4.78 is 7.56. The van der Waals surface area contributed by atoms with Gasteiger partial charge < -0.3 is 9.84 Å². The van der Waals surface area contributed by atoms with Gasteiger partial charge in [-0.3, -0.25) is 0 Å². The Morgan fingerprint density at radius 2 is 1.90 bits per heavy atom. The van der Waals surface area contributed by atoms with E-state index in [4.69, 9.17) is 4.74 Å². The molecule has 2 aromatic carbocycles. The summed E-state index contributed by atoms with van der Waals surface area (Å²) in [7, 11) is 1.69. The minimum atomic E-state index is -0.390. The first-order chi connectivity index (χ1) is 14.2. The number of fused-ring (bicyclic) bond motifs is 3. The minimum Gasteiger partial charge on any atom is -0.392 e. The van der Waals surface area contributed by atoms with Crippen LogP contribution in [0.3, 0.4) is 0 Å². The van der Waals surface area contributed by atoms with E-state index in [1.54, 1.807) is 7.11 Å². The molecule has 2 atom stereocenters. The molecule has 0 amide bonds. The van der Waals surface area contributed by atoms with Gasteiger partial charge in [-0.15, -0.1) is 0 Å². The van der Waals surface area contributed by atoms with Gasteiger partial charge in [-0.1, -0.05) is 58.0 Å².